The van der Waals surface area contributed by atoms with Crippen LogP contribution in [0.4, 0.5) is 0 Å². The van der Waals surface area contributed by atoms with Gasteiger partial charge in [0.1, 0.15) is 0 Å². The highest BCUT2D eigenvalue weighted by molar-refractivity contribution is 6.01. The molecule has 0 amide bonds. The van der Waals surface area contributed by atoms with E-state index in [-0.39, 0.29) is 11.7 Å². The lowest BCUT2D eigenvalue weighted by atomic mass is 10.5. The fourth-order valence-electron chi connectivity index (χ4n) is 0.144. The molecule has 8 N–H and O–H groups in total. The van der Waals surface area contributed by atoms with Gasteiger partial charge < -0.3 is 0 Å². The number of nitrogens with two attached hydrogens (primary N) is 4. The third-order valence-corrected chi connectivity index (χ3v) is 0.351. The first-order chi connectivity index (χ1) is 3.63. The lowest BCUT2D eigenvalue weighted by Gasteiger charge is -1.66. The molecule has 0 saturated carbocycles. The first-order valence-corrected chi connectivity index (χ1v) is 1.90. The summed E-state index contributed by atoms with van der Waals surface area (Å²) in [5, 5.41) is 9.87. The zero-order valence-corrected chi connectivity index (χ0v) is 4.31. The molecule has 0 aromatic carbocycles. The van der Waals surface area contributed by atoms with Crippen LogP contribution in [0.3, 0.4) is 0 Å². The molecule has 0 heterocycles. The fraction of sp³-hybridized carbons (Fsp3) is 0. The predicted molar refractivity (Wildman–Crippen MR) is 30.0 cm³/mol. The molecule has 0 aliphatic heterocycles. The van der Waals surface area contributed by atoms with Crippen molar-refractivity contribution in [2.45, 2.75) is 0 Å². The zero-order valence-electron chi connectivity index (χ0n) is 4.31. The molecule has 0 aliphatic carbocycles. The topological polar surface area (TPSA) is 103 Å². The van der Waals surface area contributed by atoms with Crippen LogP contribution in [0.1, 0.15) is 0 Å². The van der Waals surface area contributed by atoms with Gasteiger partial charge in [-0.15, -0.1) is 0 Å². The van der Waals surface area contributed by atoms with E-state index in [9.17, 15) is 0 Å². The molecule has 0 saturated heterocycles. The molecule has 4 nitrogen and oxygen atoms in total. The summed E-state index contributed by atoms with van der Waals surface area (Å²) < 4.78 is 0. The zero-order chi connectivity index (χ0) is 6.57. The third kappa shape index (κ3) is 4.50. The van der Waals surface area contributed by atoms with Crippen molar-refractivity contribution in [1.29, 1.82) is 0 Å². The molecule has 0 bridgehead atoms. The Morgan fingerprint density at radius 2 is 1.25 bits per heavy atom. The van der Waals surface area contributed by atoms with Crippen LogP contribution in [-0.2, 0) is 0 Å². The van der Waals surface area contributed by atoms with Gasteiger partial charge in [-0.1, -0.05) is 0 Å². The maximum Gasteiger partial charge on any atom is 0.317 e. The SMILES string of the molecule is NC(=[NH2+])C#CC(N)=[NH2+]. The molecule has 0 aromatic rings. The molecule has 0 spiro atoms. The molecule has 0 fully saturated rings. The van der Waals surface area contributed by atoms with Crippen LogP contribution in [0.25, 0.3) is 0 Å². The van der Waals surface area contributed by atoms with Crippen molar-refractivity contribution in [3.05, 3.63) is 0 Å². The summed E-state index contributed by atoms with van der Waals surface area (Å²) >= 11 is 0. The minimum atomic E-state index is 0.0124. The minimum Gasteiger partial charge on any atom is -0.280 e. The van der Waals surface area contributed by atoms with E-state index in [2.05, 4.69) is 11.8 Å². The summed E-state index contributed by atoms with van der Waals surface area (Å²) in [4.78, 5) is 0. The molecule has 42 valence electrons. The monoisotopic (exact) mass is 112 g/mol. The Kier molecular flexibility index (Phi) is 2.14. The van der Waals surface area contributed by atoms with E-state index in [0.717, 1.165) is 0 Å². The van der Waals surface area contributed by atoms with Crippen LogP contribution in [-0.4, -0.2) is 11.7 Å². The standard InChI is InChI=1S/C4H6N4/c5-3(6)1-2-4(7)8/h(H3,5,6)(H3,7,8)/p+2. The Balaban J connectivity index is 3.87. The van der Waals surface area contributed by atoms with Crippen molar-refractivity contribution in [3.8, 4) is 11.8 Å². The Labute approximate surface area is 46.9 Å². The van der Waals surface area contributed by atoms with E-state index < -0.39 is 0 Å². The molecule has 8 heavy (non-hydrogen) atoms. The van der Waals surface area contributed by atoms with E-state index in [1.54, 1.807) is 0 Å². The second kappa shape index (κ2) is 2.64. The Morgan fingerprint density at radius 3 is 1.38 bits per heavy atom. The minimum absolute atomic E-state index is 0.0124. The van der Waals surface area contributed by atoms with E-state index in [0.29, 0.717) is 0 Å². The van der Waals surface area contributed by atoms with Gasteiger partial charge >= 0.3 is 11.7 Å². The molecular weight excluding hydrogens is 104 g/mol. The molecule has 0 unspecified atom stereocenters. The van der Waals surface area contributed by atoms with Crippen LogP contribution in [0.15, 0.2) is 0 Å². The molecule has 0 radical (unpaired) electrons. The predicted octanol–water partition coefficient (Wildman–Crippen LogP) is -4.78. The molecule has 0 atom stereocenters. The van der Waals surface area contributed by atoms with Gasteiger partial charge in [-0.25, -0.2) is 0 Å². The molecule has 0 aliphatic rings. The van der Waals surface area contributed by atoms with Gasteiger partial charge in [0, 0.05) is 11.8 Å². The van der Waals surface area contributed by atoms with Crippen molar-refractivity contribution in [1.82, 2.24) is 0 Å². The summed E-state index contributed by atoms with van der Waals surface area (Å²) in [7, 11) is 0. The number of hydrogen-bond acceptors (Lipinski definition) is 0. The van der Waals surface area contributed by atoms with Crippen LogP contribution in [0, 0.1) is 11.8 Å². The van der Waals surface area contributed by atoms with Gasteiger partial charge in [0.05, 0.1) is 0 Å². The molecular formula is C4H8N4+2. The first-order valence-electron chi connectivity index (χ1n) is 1.90. The van der Waals surface area contributed by atoms with Crippen LogP contribution >= 0.6 is 0 Å². The molecule has 0 rings (SSSR count). The number of hydrogen-bond donors (Lipinski definition) is 4. The van der Waals surface area contributed by atoms with Crippen molar-refractivity contribution < 1.29 is 10.8 Å². The lowest BCUT2D eigenvalue weighted by Crippen LogP contribution is -2.47. The van der Waals surface area contributed by atoms with Crippen LogP contribution in [0.5, 0.6) is 0 Å². The van der Waals surface area contributed by atoms with Gasteiger partial charge in [-0.3, -0.25) is 22.3 Å². The highest BCUT2D eigenvalue weighted by Gasteiger charge is 1.84. The summed E-state index contributed by atoms with van der Waals surface area (Å²) in [5.74, 6) is 4.59. The largest absolute Gasteiger partial charge is 0.317 e. The Morgan fingerprint density at radius 1 is 1.00 bits per heavy atom. The first kappa shape index (κ1) is 6.50. The van der Waals surface area contributed by atoms with Crippen LogP contribution in [0.2, 0.25) is 0 Å². The van der Waals surface area contributed by atoms with Crippen molar-refractivity contribution >= 4 is 11.7 Å². The third-order valence-electron chi connectivity index (χ3n) is 0.351. The van der Waals surface area contributed by atoms with Crippen molar-refractivity contribution in [2.24, 2.45) is 11.5 Å². The quantitative estimate of drug-likeness (QED) is 0.143. The normalized spacial score (nSPS) is 6.50. The second-order valence-corrected chi connectivity index (χ2v) is 1.16. The van der Waals surface area contributed by atoms with Crippen molar-refractivity contribution in [3.63, 3.8) is 0 Å². The highest BCUT2D eigenvalue weighted by atomic mass is 14.7. The Bertz CT molecular complexity index is 152. The van der Waals surface area contributed by atoms with Crippen LogP contribution < -0.4 is 22.3 Å². The average Bonchev–Trinajstić information content (AvgIpc) is 1.61. The van der Waals surface area contributed by atoms with Crippen molar-refractivity contribution in [2.75, 3.05) is 0 Å². The van der Waals surface area contributed by atoms with Gasteiger partial charge in [0.2, 0.25) is 0 Å². The highest BCUT2D eigenvalue weighted by Crippen LogP contribution is 1.44. The van der Waals surface area contributed by atoms with E-state index in [4.69, 9.17) is 22.3 Å². The second-order valence-electron chi connectivity index (χ2n) is 1.16. The smallest absolute Gasteiger partial charge is 0.280 e. The lowest BCUT2D eigenvalue weighted by molar-refractivity contribution is -0.114. The summed E-state index contributed by atoms with van der Waals surface area (Å²) in [5.41, 5.74) is 9.87. The number of rotatable bonds is 0. The van der Waals surface area contributed by atoms with Gasteiger partial charge in [-0.2, -0.15) is 0 Å². The van der Waals surface area contributed by atoms with Gasteiger partial charge in [0.15, 0.2) is 0 Å². The van der Waals surface area contributed by atoms with Gasteiger partial charge in [0.25, 0.3) is 0 Å². The Hall–Kier alpha value is -1.50. The summed E-state index contributed by atoms with van der Waals surface area (Å²) in [6.07, 6.45) is 0. The summed E-state index contributed by atoms with van der Waals surface area (Å²) in [6.45, 7) is 0. The fourth-order valence-corrected chi connectivity index (χ4v) is 0.144. The molecule has 0 aromatic heterocycles. The summed E-state index contributed by atoms with van der Waals surface area (Å²) in [6, 6.07) is 0. The van der Waals surface area contributed by atoms with E-state index >= 15 is 0 Å². The maximum absolute atomic E-state index is 4.94. The average molecular weight is 112 g/mol. The van der Waals surface area contributed by atoms with E-state index in [1.165, 1.54) is 0 Å². The van der Waals surface area contributed by atoms with Gasteiger partial charge in [-0.05, 0) is 0 Å². The number of amidine groups is 2. The molecule has 4 heteroatoms. The van der Waals surface area contributed by atoms with E-state index in [1.807, 2.05) is 0 Å². The maximum atomic E-state index is 4.94.